The number of nitrogens with one attached hydrogen (secondary N) is 2. The lowest BCUT2D eigenvalue weighted by Gasteiger charge is -2.14. The Morgan fingerprint density at radius 2 is 1.09 bits per heavy atom. The summed E-state index contributed by atoms with van der Waals surface area (Å²) in [6.45, 7) is 3.42. The zero-order valence-electron chi connectivity index (χ0n) is 29.6. The lowest BCUT2D eigenvalue weighted by atomic mass is 9.95. The Kier molecular flexibility index (Phi) is 9.49. The van der Waals surface area contributed by atoms with Crippen molar-refractivity contribution in [2.24, 2.45) is 0 Å². The molecule has 0 fully saturated rings. The van der Waals surface area contributed by atoms with Gasteiger partial charge in [-0.25, -0.2) is 13.6 Å². The fourth-order valence-corrected chi connectivity index (χ4v) is 6.32. The molecule has 8 aromatic rings. The molecule has 0 bridgehead atoms. The lowest BCUT2D eigenvalue weighted by molar-refractivity contribution is 0.0698. The molecule has 0 unspecified atom stereocenters. The van der Waals surface area contributed by atoms with Gasteiger partial charge in [0.15, 0.2) is 0 Å². The zero-order chi connectivity index (χ0) is 38.1. The number of halogens is 2. The predicted octanol–water partition coefficient (Wildman–Crippen LogP) is 8.88. The van der Waals surface area contributed by atoms with Crippen LogP contribution in [0.15, 0.2) is 110 Å². The molecular weight excluding hydrogens is 689 g/mol. The normalized spacial score (nSPS) is 11.0. The molecule has 54 heavy (non-hydrogen) atoms. The molecule has 0 saturated carbocycles. The molecule has 0 atom stereocenters. The van der Waals surface area contributed by atoms with Gasteiger partial charge in [0.25, 0.3) is 5.91 Å². The maximum atomic E-state index is 13.7. The van der Waals surface area contributed by atoms with E-state index in [-0.39, 0.29) is 23.1 Å². The van der Waals surface area contributed by atoms with Crippen molar-refractivity contribution in [3.05, 3.63) is 144 Å². The molecule has 4 aromatic carbocycles. The van der Waals surface area contributed by atoms with Crippen LogP contribution < -0.4 is 0 Å². The van der Waals surface area contributed by atoms with E-state index in [9.17, 15) is 23.5 Å². The number of aromatic amines is 2. The maximum absolute atomic E-state index is 13.7. The van der Waals surface area contributed by atoms with Gasteiger partial charge >= 0.3 is 5.97 Å². The topological polar surface area (TPSA) is 141 Å². The number of hydrogen-bond donors (Lipinski definition) is 3. The summed E-state index contributed by atoms with van der Waals surface area (Å²) >= 11 is 0. The molecule has 8 rings (SSSR count). The largest absolute Gasteiger partial charge is 0.478 e. The number of carboxylic acid groups (broad SMARTS) is 1. The molecule has 0 spiro atoms. The number of hydrogen-bond acceptors (Lipinski definition) is 6. The Morgan fingerprint density at radius 3 is 1.54 bits per heavy atom. The third-order valence-corrected chi connectivity index (χ3v) is 9.06. The summed E-state index contributed by atoms with van der Waals surface area (Å²) < 4.78 is 27.3. The second-order valence-corrected chi connectivity index (χ2v) is 12.9. The van der Waals surface area contributed by atoms with E-state index in [0.717, 1.165) is 38.9 Å². The number of benzene rings is 4. The summed E-state index contributed by atoms with van der Waals surface area (Å²) in [4.78, 5) is 34.8. The number of pyridine rings is 2. The number of rotatable bonds is 6. The predicted molar refractivity (Wildman–Crippen MR) is 204 cm³/mol. The Hall–Kier alpha value is -7.08. The number of fused-ring (bicyclic) bond motifs is 2. The first-order valence-electron chi connectivity index (χ1n) is 16.8. The minimum atomic E-state index is -1.04. The van der Waals surface area contributed by atoms with Crippen LogP contribution in [0.4, 0.5) is 8.78 Å². The standard InChI is InChI=1S/C22H19FN4O.C20H14FN3O2/c1-13-9-14(6-7-19(13)23)20-17(5-4-8-24-20)15-10-16-12-25-26-21(16)18(11-15)22(28)27(2)3;1-11-7-12(4-5-17(11)21)18-15(3-2-6-22-18)13-8-14-10-23-24-19(14)16(9-13)20(25)26/h4-12H,1-3H3,(H,25,26);2-10H,1H3,(H,23,24)(H,25,26). The average Bonchev–Trinajstić information content (AvgIpc) is 3.86. The summed E-state index contributed by atoms with van der Waals surface area (Å²) in [5.74, 6) is -1.68. The van der Waals surface area contributed by atoms with Crippen LogP contribution in [0.25, 0.3) is 66.6 Å². The van der Waals surface area contributed by atoms with Gasteiger partial charge in [0.1, 0.15) is 11.6 Å². The van der Waals surface area contributed by atoms with Crippen molar-refractivity contribution in [1.29, 1.82) is 0 Å². The second-order valence-electron chi connectivity index (χ2n) is 12.9. The summed E-state index contributed by atoms with van der Waals surface area (Å²) in [6, 6.07) is 24.5. The van der Waals surface area contributed by atoms with Crippen LogP contribution in [0.3, 0.4) is 0 Å². The fourth-order valence-electron chi connectivity index (χ4n) is 6.32. The number of amides is 1. The number of aromatic nitrogens is 6. The summed E-state index contributed by atoms with van der Waals surface area (Å²) in [7, 11) is 3.43. The highest BCUT2D eigenvalue weighted by atomic mass is 19.1. The number of carboxylic acids is 1. The van der Waals surface area contributed by atoms with Gasteiger partial charge in [0.05, 0.1) is 45.9 Å². The SMILES string of the molecule is Cc1cc(-c2ncccc2-c2cc(C(=O)N(C)C)c3[nH]ncc3c2)ccc1F.Cc1cc(-c2ncccc2-c2cc(C(=O)O)c3[nH]ncc3c2)ccc1F. The monoisotopic (exact) mass is 721 g/mol. The van der Waals surface area contributed by atoms with Gasteiger partial charge in [-0.3, -0.25) is 25.0 Å². The Labute approximate surface area is 308 Å². The van der Waals surface area contributed by atoms with Crippen molar-refractivity contribution in [2.45, 2.75) is 13.8 Å². The van der Waals surface area contributed by atoms with Crippen molar-refractivity contribution in [3.8, 4) is 44.8 Å². The number of carbonyl (C=O) groups is 2. The van der Waals surface area contributed by atoms with Gasteiger partial charge in [-0.15, -0.1) is 0 Å². The van der Waals surface area contributed by atoms with Crippen LogP contribution in [0.2, 0.25) is 0 Å². The van der Waals surface area contributed by atoms with Gasteiger partial charge < -0.3 is 10.0 Å². The minimum absolute atomic E-state index is 0.112. The third-order valence-electron chi connectivity index (χ3n) is 9.06. The number of carbonyl (C=O) groups excluding carboxylic acids is 1. The number of nitrogens with zero attached hydrogens (tertiary/aromatic N) is 5. The van der Waals surface area contributed by atoms with E-state index in [1.165, 1.54) is 17.0 Å². The van der Waals surface area contributed by atoms with Gasteiger partial charge in [-0.1, -0.05) is 12.1 Å². The van der Waals surface area contributed by atoms with Gasteiger partial charge in [-0.05, 0) is 109 Å². The van der Waals surface area contributed by atoms with E-state index in [1.807, 2.05) is 36.4 Å². The van der Waals surface area contributed by atoms with Crippen molar-refractivity contribution < 1.29 is 23.5 Å². The van der Waals surface area contributed by atoms with E-state index < -0.39 is 5.97 Å². The highest BCUT2D eigenvalue weighted by Gasteiger charge is 2.19. The smallest absolute Gasteiger partial charge is 0.337 e. The molecule has 0 aliphatic rings. The van der Waals surface area contributed by atoms with E-state index in [1.54, 1.807) is 89.1 Å². The maximum Gasteiger partial charge on any atom is 0.337 e. The van der Waals surface area contributed by atoms with Crippen molar-refractivity contribution in [3.63, 3.8) is 0 Å². The molecule has 4 heterocycles. The molecule has 0 saturated heterocycles. The molecule has 10 nitrogen and oxygen atoms in total. The summed E-state index contributed by atoms with van der Waals surface area (Å²) in [6.07, 6.45) is 6.65. The zero-order valence-corrected chi connectivity index (χ0v) is 29.6. The Morgan fingerprint density at radius 1 is 0.630 bits per heavy atom. The van der Waals surface area contributed by atoms with E-state index >= 15 is 0 Å². The van der Waals surface area contributed by atoms with E-state index in [2.05, 4.69) is 30.4 Å². The molecule has 0 aliphatic carbocycles. The molecule has 0 aliphatic heterocycles. The van der Waals surface area contributed by atoms with Gasteiger partial charge in [0, 0.05) is 59.5 Å². The number of aryl methyl sites for hydroxylation is 2. The average molecular weight is 722 g/mol. The molecule has 12 heteroatoms. The first-order chi connectivity index (χ1) is 26.0. The molecule has 4 aromatic heterocycles. The third kappa shape index (κ3) is 6.80. The highest BCUT2D eigenvalue weighted by molar-refractivity contribution is 6.07. The van der Waals surface area contributed by atoms with Crippen LogP contribution in [-0.2, 0) is 0 Å². The van der Waals surface area contributed by atoms with Crippen LogP contribution in [0.5, 0.6) is 0 Å². The van der Waals surface area contributed by atoms with Gasteiger partial charge in [-0.2, -0.15) is 10.2 Å². The highest BCUT2D eigenvalue weighted by Crippen LogP contribution is 2.35. The Bertz CT molecular complexity index is 2720. The first kappa shape index (κ1) is 35.3. The van der Waals surface area contributed by atoms with Crippen LogP contribution >= 0.6 is 0 Å². The van der Waals surface area contributed by atoms with E-state index in [4.69, 9.17) is 0 Å². The molecule has 1 amide bonds. The molecule has 0 radical (unpaired) electrons. The van der Waals surface area contributed by atoms with Crippen molar-refractivity contribution in [2.75, 3.05) is 14.1 Å². The summed E-state index contributed by atoms with van der Waals surface area (Å²) in [5.41, 5.74) is 9.12. The van der Waals surface area contributed by atoms with Crippen LogP contribution in [0, 0.1) is 25.5 Å². The quantitative estimate of drug-likeness (QED) is 0.156. The lowest BCUT2D eigenvalue weighted by Crippen LogP contribution is -2.22. The summed E-state index contributed by atoms with van der Waals surface area (Å²) in [5, 5.41) is 24.7. The fraction of sp³-hybridized carbons (Fsp3) is 0.0952. The minimum Gasteiger partial charge on any atom is -0.478 e. The van der Waals surface area contributed by atoms with Crippen LogP contribution in [0.1, 0.15) is 31.8 Å². The molecule has 268 valence electrons. The van der Waals surface area contributed by atoms with Crippen molar-refractivity contribution >= 4 is 33.7 Å². The van der Waals surface area contributed by atoms with Crippen molar-refractivity contribution in [1.82, 2.24) is 35.3 Å². The number of aromatic carboxylic acids is 1. The second kappa shape index (κ2) is 14.5. The van der Waals surface area contributed by atoms with Crippen LogP contribution in [-0.4, -0.2) is 66.3 Å². The Balaban J connectivity index is 0.000000167. The van der Waals surface area contributed by atoms with E-state index in [0.29, 0.717) is 44.4 Å². The molecule has 3 N–H and O–H groups in total. The van der Waals surface area contributed by atoms with Gasteiger partial charge in [0.2, 0.25) is 0 Å². The number of H-pyrrole nitrogens is 2. The molecular formula is C42H33F2N7O3. The first-order valence-corrected chi connectivity index (χ1v) is 16.8.